The number of thiophene rings is 1. The number of aromatic amines is 1. The van der Waals surface area contributed by atoms with E-state index in [1.54, 1.807) is 17.4 Å². The van der Waals surface area contributed by atoms with E-state index < -0.39 is 0 Å². The summed E-state index contributed by atoms with van der Waals surface area (Å²) in [6, 6.07) is 11.5. The molecule has 128 valence electrons. The number of carbonyl (C=O) groups excluding carboxylic acids is 1. The second-order valence-corrected chi connectivity index (χ2v) is 7.22. The SMILES string of the molecule is O=C(NC1CCc2[nH]ncc2C1)c1cccc(OCc2cccs2)c1. The summed E-state index contributed by atoms with van der Waals surface area (Å²) in [6.07, 6.45) is 4.53. The maximum absolute atomic E-state index is 12.6. The minimum absolute atomic E-state index is 0.0569. The predicted octanol–water partition coefficient (Wildman–Crippen LogP) is 3.34. The molecule has 0 saturated carbocycles. The van der Waals surface area contributed by atoms with Crippen molar-refractivity contribution >= 4 is 17.2 Å². The number of rotatable bonds is 5. The van der Waals surface area contributed by atoms with Gasteiger partial charge in [-0.25, -0.2) is 0 Å². The minimum Gasteiger partial charge on any atom is -0.488 e. The summed E-state index contributed by atoms with van der Waals surface area (Å²) in [5.41, 5.74) is 3.01. The third-order valence-corrected chi connectivity index (χ3v) is 5.26. The number of nitrogens with one attached hydrogen (secondary N) is 2. The highest BCUT2D eigenvalue weighted by molar-refractivity contribution is 7.09. The van der Waals surface area contributed by atoms with E-state index in [-0.39, 0.29) is 11.9 Å². The highest BCUT2D eigenvalue weighted by Crippen LogP contribution is 2.20. The Morgan fingerprint density at radius 1 is 1.36 bits per heavy atom. The van der Waals surface area contributed by atoms with Gasteiger partial charge in [-0.05, 0) is 54.5 Å². The zero-order chi connectivity index (χ0) is 17.1. The van der Waals surface area contributed by atoms with Crippen molar-refractivity contribution in [1.82, 2.24) is 15.5 Å². The predicted molar refractivity (Wildman–Crippen MR) is 97.0 cm³/mol. The van der Waals surface area contributed by atoms with Gasteiger partial charge in [0.2, 0.25) is 0 Å². The molecule has 1 amide bonds. The molecule has 6 heteroatoms. The molecule has 1 aromatic carbocycles. The minimum atomic E-state index is -0.0569. The summed E-state index contributed by atoms with van der Waals surface area (Å²) >= 11 is 1.66. The van der Waals surface area contributed by atoms with Crippen LogP contribution >= 0.6 is 11.3 Å². The number of fused-ring (bicyclic) bond motifs is 1. The van der Waals surface area contributed by atoms with Gasteiger partial charge in [-0.3, -0.25) is 9.89 Å². The third-order valence-electron chi connectivity index (χ3n) is 4.41. The lowest BCUT2D eigenvalue weighted by Gasteiger charge is -2.23. The van der Waals surface area contributed by atoms with Crippen LogP contribution in [0.15, 0.2) is 48.0 Å². The van der Waals surface area contributed by atoms with Crippen LogP contribution in [0.3, 0.4) is 0 Å². The van der Waals surface area contributed by atoms with E-state index in [4.69, 9.17) is 4.74 Å². The van der Waals surface area contributed by atoms with Gasteiger partial charge in [0.25, 0.3) is 5.91 Å². The van der Waals surface area contributed by atoms with E-state index in [9.17, 15) is 4.79 Å². The van der Waals surface area contributed by atoms with Gasteiger partial charge >= 0.3 is 0 Å². The molecule has 0 aliphatic heterocycles. The molecule has 0 saturated heterocycles. The van der Waals surface area contributed by atoms with Gasteiger partial charge < -0.3 is 10.1 Å². The quantitative estimate of drug-likeness (QED) is 0.739. The number of hydrogen-bond acceptors (Lipinski definition) is 4. The number of ether oxygens (including phenoxy) is 1. The van der Waals surface area contributed by atoms with E-state index in [1.807, 2.05) is 41.9 Å². The maximum atomic E-state index is 12.6. The lowest BCUT2D eigenvalue weighted by Crippen LogP contribution is -2.38. The van der Waals surface area contributed by atoms with Gasteiger partial charge in [0, 0.05) is 22.2 Å². The van der Waals surface area contributed by atoms with Crippen molar-refractivity contribution in [3.63, 3.8) is 0 Å². The lowest BCUT2D eigenvalue weighted by molar-refractivity contribution is 0.0933. The normalized spacial score (nSPS) is 16.2. The van der Waals surface area contributed by atoms with Crippen LogP contribution in [0.25, 0.3) is 0 Å². The van der Waals surface area contributed by atoms with Crippen LogP contribution in [0.2, 0.25) is 0 Å². The highest BCUT2D eigenvalue weighted by atomic mass is 32.1. The largest absolute Gasteiger partial charge is 0.488 e. The number of benzene rings is 1. The second-order valence-electron chi connectivity index (χ2n) is 6.18. The summed E-state index contributed by atoms with van der Waals surface area (Å²) in [4.78, 5) is 13.7. The second kappa shape index (κ2) is 7.11. The summed E-state index contributed by atoms with van der Waals surface area (Å²) in [7, 11) is 0. The Morgan fingerprint density at radius 3 is 3.20 bits per heavy atom. The number of hydrogen-bond donors (Lipinski definition) is 2. The van der Waals surface area contributed by atoms with Crippen molar-refractivity contribution in [3.05, 3.63) is 69.7 Å². The summed E-state index contributed by atoms with van der Waals surface area (Å²) in [5.74, 6) is 0.653. The Morgan fingerprint density at radius 2 is 2.32 bits per heavy atom. The zero-order valence-corrected chi connectivity index (χ0v) is 14.5. The third kappa shape index (κ3) is 3.74. The van der Waals surface area contributed by atoms with Crippen LogP contribution in [0.1, 0.15) is 32.9 Å². The first kappa shape index (κ1) is 15.9. The molecule has 0 spiro atoms. The Labute approximate surface area is 150 Å². The summed E-state index contributed by atoms with van der Waals surface area (Å²) in [5, 5.41) is 12.2. The van der Waals surface area contributed by atoms with Crippen molar-refractivity contribution in [2.45, 2.75) is 31.9 Å². The van der Waals surface area contributed by atoms with Gasteiger partial charge in [-0.1, -0.05) is 12.1 Å². The van der Waals surface area contributed by atoms with Gasteiger partial charge in [0.15, 0.2) is 0 Å². The van der Waals surface area contributed by atoms with Crippen molar-refractivity contribution in [1.29, 1.82) is 0 Å². The number of carbonyl (C=O) groups is 1. The molecule has 0 fully saturated rings. The molecule has 1 unspecified atom stereocenters. The number of aromatic nitrogens is 2. The van der Waals surface area contributed by atoms with Crippen LogP contribution < -0.4 is 10.1 Å². The molecule has 2 N–H and O–H groups in total. The Balaban J connectivity index is 1.38. The van der Waals surface area contributed by atoms with E-state index in [0.717, 1.165) is 24.1 Å². The van der Waals surface area contributed by atoms with Gasteiger partial charge in [0.1, 0.15) is 12.4 Å². The lowest BCUT2D eigenvalue weighted by atomic mass is 9.93. The molecular formula is C19H19N3O2S. The molecule has 4 rings (SSSR count). The fourth-order valence-electron chi connectivity index (χ4n) is 3.08. The molecule has 2 heterocycles. The fourth-order valence-corrected chi connectivity index (χ4v) is 3.70. The highest BCUT2D eigenvalue weighted by Gasteiger charge is 2.22. The number of aryl methyl sites for hydroxylation is 1. The average molecular weight is 353 g/mol. The smallest absolute Gasteiger partial charge is 0.251 e. The average Bonchev–Trinajstić information content (AvgIpc) is 3.31. The molecule has 2 aromatic heterocycles. The maximum Gasteiger partial charge on any atom is 0.251 e. The van der Waals surface area contributed by atoms with E-state index in [0.29, 0.717) is 17.9 Å². The topological polar surface area (TPSA) is 67.0 Å². The van der Waals surface area contributed by atoms with Gasteiger partial charge in [0.05, 0.1) is 6.20 Å². The van der Waals surface area contributed by atoms with Crippen molar-refractivity contribution in [2.24, 2.45) is 0 Å². The van der Waals surface area contributed by atoms with E-state index in [2.05, 4.69) is 15.5 Å². The summed E-state index contributed by atoms with van der Waals surface area (Å²) in [6.45, 7) is 0.522. The molecule has 0 radical (unpaired) electrons. The number of amides is 1. The monoisotopic (exact) mass is 353 g/mol. The van der Waals surface area contributed by atoms with Crippen molar-refractivity contribution in [3.8, 4) is 5.75 Å². The Bertz CT molecular complexity index is 857. The Hall–Kier alpha value is -2.60. The van der Waals surface area contributed by atoms with Crippen molar-refractivity contribution < 1.29 is 9.53 Å². The van der Waals surface area contributed by atoms with Crippen LogP contribution in [-0.4, -0.2) is 22.1 Å². The molecule has 1 aliphatic carbocycles. The van der Waals surface area contributed by atoms with E-state index >= 15 is 0 Å². The first-order chi connectivity index (χ1) is 12.3. The number of nitrogens with zero attached hydrogens (tertiary/aromatic N) is 1. The van der Waals surface area contributed by atoms with Gasteiger partial charge in [-0.15, -0.1) is 11.3 Å². The van der Waals surface area contributed by atoms with Gasteiger partial charge in [-0.2, -0.15) is 5.10 Å². The van der Waals surface area contributed by atoms with Crippen molar-refractivity contribution in [2.75, 3.05) is 0 Å². The molecule has 25 heavy (non-hydrogen) atoms. The molecule has 1 atom stereocenters. The summed E-state index contributed by atoms with van der Waals surface area (Å²) < 4.78 is 5.79. The molecule has 5 nitrogen and oxygen atoms in total. The first-order valence-corrected chi connectivity index (χ1v) is 9.23. The number of H-pyrrole nitrogens is 1. The van der Waals surface area contributed by atoms with Crippen LogP contribution in [-0.2, 0) is 19.4 Å². The fraction of sp³-hybridized carbons (Fsp3) is 0.263. The molecular weight excluding hydrogens is 334 g/mol. The van der Waals surface area contributed by atoms with E-state index in [1.165, 1.54) is 11.3 Å². The molecule has 1 aliphatic rings. The van der Waals surface area contributed by atoms with Crippen LogP contribution in [0, 0.1) is 0 Å². The van der Waals surface area contributed by atoms with Crippen LogP contribution in [0.4, 0.5) is 0 Å². The molecule has 0 bridgehead atoms. The first-order valence-electron chi connectivity index (χ1n) is 8.35. The van der Waals surface area contributed by atoms with Crippen LogP contribution in [0.5, 0.6) is 5.75 Å². The Kier molecular flexibility index (Phi) is 4.52. The molecule has 3 aromatic rings. The zero-order valence-electron chi connectivity index (χ0n) is 13.7. The standard InChI is InChI=1S/C19H19N3O2S/c23-19(21-15-6-7-18-14(9-15)11-20-22-18)13-3-1-4-16(10-13)24-12-17-5-2-8-25-17/h1-5,8,10-11,15H,6-7,9,12H2,(H,20,22)(H,21,23).